The van der Waals surface area contributed by atoms with Gasteiger partial charge in [0, 0.05) is 11.3 Å². The van der Waals surface area contributed by atoms with Crippen LogP contribution in [-0.4, -0.2) is 5.91 Å². The Kier molecular flexibility index (Phi) is 5.56. The average molecular weight is 281 g/mol. The first-order chi connectivity index (χ1) is 10.3. The number of carbonyl (C=O) groups excluding carboxylic acids is 1. The molecule has 0 aliphatic rings. The Morgan fingerprint density at radius 3 is 1.95 bits per heavy atom. The molecule has 0 bridgehead atoms. The summed E-state index contributed by atoms with van der Waals surface area (Å²) in [4.78, 5) is 12.4. The van der Waals surface area contributed by atoms with E-state index in [0.29, 0.717) is 5.56 Å². The third-order valence-electron chi connectivity index (χ3n) is 3.55. The molecule has 2 aromatic carbocycles. The van der Waals surface area contributed by atoms with E-state index < -0.39 is 0 Å². The van der Waals surface area contributed by atoms with E-state index in [9.17, 15) is 4.79 Å². The van der Waals surface area contributed by atoms with E-state index in [1.165, 1.54) is 11.1 Å². The number of aryl methyl sites for hydroxylation is 2. The maximum atomic E-state index is 12.4. The van der Waals surface area contributed by atoms with Crippen LogP contribution in [0.4, 0.5) is 5.69 Å². The molecule has 0 saturated carbocycles. The Hall–Kier alpha value is -2.09. The molecule has 0 aliphatic carbocycles. The summed E-state index contributed by atoms with van der Waals surface area (Å²) in [6.45, 7) is 4.32. The van der Waals surface area contributed by atoms with E-state index in [-0.39, 0.29) is 5.91 Å². The number of amides is 1. The van der Waals surface area contributed by atoms with Crippen molar-refractivity contribution in [3.63, 3.8) is 0 Å². The molecule has 0 aliphatic heterocycles. The first-order valence-electron chi connectivity index (χ1n) is 7.73. The second-order valence-electron chi connectivity index (χ2n) is 5.27. The second-order valence-corrected chi connectivity index (χ2v) is 5.27. The molecule has 1 amide bonds. The smallest absolute Gasteiger partial charge is 0.255 e. The molecule has 21 heavy (non-hydrogen) atoms. The molecular formula is C19H23NO. The number of nitrogens with one attached hydrogen (secondary N) is 1. The predicted molar refractivity (Wildman–Crippen MR) is 88.8 cm³/mol. The largest absolute Gasteiger partial charge is 0.321 e. The number of benzene rings is 2. The highest BCUT2D eigenvalue weighted by Gasteiger charge is 2.12. The number of carbonyl (C=O) groups is 1. The zero-order valence-corrected chi connectivity index (χ0v) is 12.9. The fourth-order valence-electron chi connectivity index (χ4n) is 2.54. The van der Waals surface area contributed by atoms with E-state index >= 15 is 0 Å². The van der Waals surface area contributed by atoms with E-state index in [4.69, 9.17) is 0 Å². The van der Waals surface area contributed by atoms with Crippen molar-refractivity contribution in [3.05, 3.63) is 65.2 Å². The van der Waals surface area contributed by atoms with Crippen molar-refractivity contribution >= 4 is 11.6 Å². The van der Waals surface area contributed by atoms with E-state index in [1.807, 2.05) is 30.3 Å². The topological polar surface area (TPSA) is 29.1 Å². The van der Waals surface area contributed by atoms with Crippen molar-refractivity contribution in [2.45, 2.75) is 39.5 Å². The maximum Gasteiger partial charge on any atom is 0.255 e. The number of rotatable bonds is 6. The minimum Gasteiger partial charge on any atom is -0.321 e. The third-order valence-corrected chi connectivity index (χ3v) is 3.55. The van der Waals surface area contributed by atoms with Crippen LogP contribution in [0.3, 0.4) is 0 Å². The number of para-hydroxylation sites is 1. The minimum atomic E-state index is -0.0310. The SMILES string of the molecule is CCCc1cccc(CCC)c1NC(=O)c1ccccc1. The summed E-state index contributed by atoms with van der Waals surface area (Å²) in [6, 6.07) is 15.7. The van der Waals surface area contributed by atoms with Crippen molar-refractivity contribution in [2.75, 3.05) is 5.32 Å². The van der Waals surface area contributed by atoms with Gasteiger partial charge in [0.2, 0.25) is 0 Å². The van der Waals surface area contributed by atoms with Gasteiger partial charge >= 0.3 is 0 Å². The summed E-state index contributed by atoms with van der Waals surface area (Å²) < 4.78 is 0. The first kappa shape index (κ1) is 15.3. The van der Waals surface area contributed by atoms with Gasteiger partial charge in [0.1, 0.15) is 0 Å². The molecule has 2 heteroatoms. The van der Waals surface area contributed by atoms with Crippen molar-refractivity contribution in [1.82, 2.24) is 0 Å². The van der Waals surface area contributed by atoms with Crippen molar-refractivity contribution in [1.29, 1.82) is 0 Å². The molecule has 2 aromatic rings. The molecule has 0 spiro atoms. The number of anilines is 1. The molecule has 0 fully saturated rings. The highest BCUT2D eigenvalue weighted by Crippen LogP contribution is 2.24. The number of hydrogen-bond acceptors (Lipinski definition) is 1. The van der Waals surface area contributed by atoms with Crippen LogP contribution >= 0.6 is 0 Å². The van der Waals surface area contributed by atoms with E-state index in [1.54, 1.807) is 0 Å². The monoisotopic (exact) mass is 281 g/mol. The van der Waals surface area contributed by atoms with Crippen molar-refractivity contribution in [2.24, 2.45) is 0 Å². The van der Waals surface area contributed by atoms with Crippen LogP contribution in [0.1, 0.15) is 48.2 Å². The zero-order chi connectivity index (χ0) is 15.1. The van der Waals surface area contributed by atoms with Crippen molar-refractivity contribution < 1.29 is 4.79 Å². The highest BCUT2D eigenvalue weighted by molar-refractivity contribution is 6.05. The van der Waals surface area contributed by atoms with Gasteiger partial charge in [0.05, 0.1) is 0 Å². The molecule has 0 atom stereocenters. The van der Waals surface area contributed by atoms with E-state index in [2.05, 4.69) is 37.4 Å². The van der Waals surface area contributed by atoms with Gasteiger partial charge in [-0.1, -0.05) is 63.1 Å². The fraction of sp³-hybridized carbons (Fsp3) is 0.316. The van der Waals surface area contributed by atoms with Gasteiger partial charge in [-0.25, -0.2) is 0 Å². The third kappa shape index (κ3) is 3.94. The lowest BCUT2D eigenvalue weighted by Crippen LogP contribution is -2.15. The molecular weight excluding hydrogens is 258 g/mol. The Morgan fingerprint density at radius 2 is 1.43 bits per heavy atom. The second kappa shape index (κ2) is 7.63. The molecule has 0 unspecified atom stereocenters. The van der Waals surface area contributed by atoms with Crippen LogP contribution in [-0.2, 0) is 12.8 Å². The molecule has 1 N–H and O–H groups in total. The minimum absolute atomic E-state index is 0.0310. The summed E-state index contributed by atoms with van der Waals surface area (Å²) in [6.07, 6.45) is 4.12. The van der Waals surface area contributed by atoms with Gasteiger partial charge in [0.15, 0.2) is 0 Å². The summed E-state index contributed by atoms with van der Waals surface area (Å²) in [5.41, 5.74) is 4.17. The van der Waals surface area contributed by atoms with E-state index in [0.717, 1.165) is 31.4 Å². The maximum absolute atomic E-state index is 12.4. The molecule has 2 rings (SSSR count). The highest BCUT2D eigenvalue weighted by atomic mass is 16.1. The average Bonchev–Trinajstić information content (AvgIpc) is 2.51. The Morgan fingerprint density at radius 1 is 0.857 bits per heavy atom. The van der Waals surface area contributed by atoms with Crippen LogP contribution < -0.4 is 5.32 Å². The first-order valence-corrected chi connectivity index (χ1v) is 7.73. The van der Waals surface area contributed by atoms with Gasteiger partial charge in [0.25, 0.3) is 5.91 Å². The van der Waals surface area contributed by atoms with Gasteiger partial charge < -0.3 is 5.32 Å². The predicted octanol–water partition coefficient (Wildman–Crippen LogP) is 4.84. The van der Waals surface area contributed by atoms with Gasteiger partial charge in [-0.3, -0.25) is 4.79 Å². The van der Waals surface area contributed by atoms with Crippen LogP contribution in [0.15, 0.2) is 48.5 Å². The molecule has 110 valence electrons. The lowest BCUT2D eigenvalue weighted by molar-refractivity contribution is 0.102. The zero-order valence-electron chi connectivity index (χ0n) is 12.9. The standard InChI is InChI=1S/C19H23NO/c1-3-9-15-13-8-14-16(10-4-2)18(15)20-19(21)17-11-6-5-7-12-17/h5-8,11-14H,3-4,9-10H2,1-2H3,(H,20,21). The quantitative estimate of drug-likeness (QED) is 0.806. The summed E-state index contributed by atoms with van der Waals surface area (Å²) in [7, 11) is 0. The Balaban J connectivity index is 2.30. The van der Waals surface area contributed by atoms with Crippen LogP contribution in [0.5, 0.6) is 0 Å². The normalized spacial score (nSPS) is 10.4. The number of hydrogen-bond donors (Lipinski definition) is 1. The molecule has 2 nitrogen and oxygen atoms in total. The lowest BCUT2D eigenvalue weighted by Gasteiger charge is -2.15. The van der Waals surface area contributed by atoms with Crippen molar-refractivity contribution in [3.8, 4) is 0 Å². The summed E-state index contributed by atoms with van der Waals surface area (Å²) >= 11 is 0. The van der Waals surface area contributed by atoms with Crippen LogP contribution in [0.25, 0.3) is 0 Å². The van der Waals surface area contributed by atoms with Crippen LogP contribution in [0, 0.1) is 0 Å². The fourth-order valence-corrected chi connectivity index (χ4v) is 2.54. The summed E-state index contributed by atoms with van der Waals surface area (Å²) in [5.74, 6) is -0.0310. The van der Waals surface area contributed by atoms with Gasteiger partial charge in [-0.2, -0.15) is 0 Å². The Bertz CT molecular complexity index is 566. The molecule has 0 radical (unpaired) electrons. The summed E-state index contributed by atoms with van der Waals surface area (Å²) in [5, 5.41) is 3.13. The molecule has 0 heterocycles. The molecule has 0 saturated heterocycles. The lowest BCUT2D eigenvalue weighted by atomic mass is 10.00. The van der Waals surface area contributed by atoms with Crippen LogP contribution in [0.2, 0.25) is 0 Å². The van der Waals surface area contributed by atoms with Gasteiger partial charge in [-0.05, 0) is 36.1 Å². The van der Waals surface area contributed by atoms with Gasteiger partial charge in [-0.15, -0.1) is 0 Å². The Labute approximate surface area is 127 Å². The molecule has 0 aromatic heterocycles.